The van der Waals surface area contributed by atoms with Gasteiger partial charge in [0.1, 0.15) is 6.54 Å². The molecule has 0 saturated heterocycles. The van der Waals surface area contributed by atoms with Gasteiger partial charge in [-0.3, -0.25) is 9.59 Å². The van der Waals surface area contributed by atoms with Gasteiger partial charge >= 0.3 is 0 Å². The summed E-state index contributed by atoms with van der Waals surface area (Å²) in [6.07, 6.45) is 1.65. The monoisotopic (exact) mass is 446 g/mol. The first-order valence-electron chi connectivity index (χ1n) is 11.3. The molecule has 4 nitrogen and oxygen atoms in total. The van der Waals surface area contributed by atoms with Crippen LogP contribution in [0.4, 0.5) is 0 Å². The second-order valence-corrected chi connectivity index (χ2v) is 9.46. The van der Waals surface area contributed by atoms with E-state index >= 15 is 0 Å². The van der Waals surface area contributed by atoms with Crippen molar-refractivity contribution in [3.8, 4) is 0 Å². The molecule has 2 unspecified atom stereocenters. The average Bonchev–Trinajstić information content (AvgIpc) is 3.30. The highest BCUT2D eigenvalue weighted by molar-refractivity contribution is 7.10. The maximum atomic E-state index is 13.7. The molecule has 2 heterocycles. The Kier molecular flexibility index (Phi) is 6.75. The fraction of sp³-hybridized carbons (Fsp3) is 0.333. The summed E-state index contributed by atoms with van der Waals surface area (Å²) >= 11 is 1.76. The third-order valence-corrected chi connectivity index (χ3v) is 7.46. The molecule has 1 aromatic heterocycles. The summed E-state index contributed by atoms with van der Waals surface area (Å²) in [4.78, 5) is 32.2. The van der Waals surface area contributed by atoms with E-state index in [2.05, 4.69) is 30.5 Å². The van der Waals surface area contributed by atoms with Crippen LogP contribution < -0.4 is 0 Å². The van der Waals surface area contributed by atoms with Crippen molar-refractivity contribution in [3.63, 3.8) is 0 Å². The largest absolute Gasteiger partial charge is 0.330 e. The van der Waals surface area contributed by atoms with Crippen LogP contribution in [-0.2, 0) is 11.2 Å². The van der Waals surface area contributed by atoms with Gasteiger partial charge in [-0.1, -0.05) is 55.5 Å². The number of nitrogens with zero attached hydrogens (tertiary/aromatic N) is 2. The minimum absolute atomic E-state index is 0.00191. The van der Waals surface area contributed by atoms with Gasteiger partial charge in [0.05, 0.1) is 6.04 Å². The molecule has 3 aromatic rings. The molecular formula is C27H30N2O2S. The highest BCUT2D eigenvalue weighted by atomic mass is 32.1. The maximum Gasteiger partial charge on any atom is 0.254 e. The van der Waals surface area contributed by atoms with Crippen molar-refractivity contribution in [2.45, 2.75) is 45.7 Å². The number of carbonyl (C=O) groups excluding carboxylic acids is 2. The predicted octanol–water partition coefficient (Wildman–Crippen LogP) is 5.47. The van der Waals surface area contributed by atoms with Gasteiger partial charge in [-0.15, -0.1) is 11.3 Å². The van der Waals surface area contributed by atoms with E-state index in [1.807, 2.05) is 61.2 Å². The Labute approximate surface area is 194 Å². The minimum Gasteiger partial charge on any atom is -0.330 e. The van der Waals surface area contributed by atoms with Gasteiger partial charge in [0.2, 0.25) is 5.91 Å². The Morgan fingerprint density at radius 2 is 1.81 bits per heavy atom. The number of fused-ring (bicyclic) bond motifs is 1. The normalized spacial score (nSPS) is 16.3. The molecule has 0 fully saturated rings. The highest BCUT2D eigenvalue weighted by Gasteiger charge is 2.34. The van der Waals surface area contributed by atoms with Gasteiger partial charge in [0.15, 0.2) is 0 Å². The molecule has 2 atom stereocenters. The van der Waals surface area contributed by atoms with Crippen LogP contribution in [0.5, 0.6) is 0 Å². The van der Waals surface area contributed by atoms with Crippen LogP contribution in [0.1, 0.15) is 58.2 Å². The predicted molar refractivity (Wildman–Crippen MR) is 130 cm³/mol. The molecule has 2 amide bonds. The second-order valence-electron chi connectivity index (χ2n) is 8.45. The number of aryl methyl sites for hydroxylation is 1. The lowest BCUT2D eigenvalue weighted by molar-refractivity contribution is -0.134. The molecule has 1 aliphatic rings. The smallest absolute Gasteiger partial charge is 0.254 e. The van der Waals surface area contributed by atoms with E-state index in [9.17, 15) is 9.59 Å². The van der Waals surface area contributed by atoms with E-state index in [0.717, 1.165) is 24.0 Å². The zero-order valence-electron chi connectivity index (χ0n) is 19.0. The van der Waals surface area contributed by atoms with Gasteiger partial charge in [0, 0.05) is 23.0 Å². The summed E-state index contributed by atoms with van der Waals surface area (Å²) < 4.78 is 0. The average molecular weight is 447 g/mol. The number of amides is 2. The lowest BCUT2D eigenvalue weighted by Gasteiger charge is -2.38. The molecular weight excluding hydrogens is 416 g/mol. The number of hydrogen-bond acceptors (Lipinski definition) is 3. The van der Waals surface area contributed by atoms with Gasteiger partial charge < -0.3 is 9.80 Å². The van der Waals surface area contributed by atoms with E-state index < -0.39 is 0 Å². The highest BCUT2D eigenvalue weighted by Crippen LogP contribution is 2.37. The standard InChI is InChI=1S/C27H30N2O2S/c1-4-20(3)29(27(31)22-13-9-8-10-19(22)2)18-25(30)28-16-14-24-23(15-17-32-24)26(28)21-11-6-5-7-12-21/h5-13,15,17,20,26H,4,14,16,18H2,1-3H3. The molecule has 0 spiro atoms. The number of benzene rings is 2. The van der Waals surface area contributed by atoms with E-state index in [1.165, 1.54) is 10.4 Å². The first-order chi connectivity index (χ1) is 15.5. The van der Waals surface area contributed by atoms with Crippen LogP contribution in [0.3, 0.4) is 0 Å². The van der Waals surface area contributed by atoms with Crippen LogP contribution in [0.25, 0.3) is 0 Å². The fourth-order valence-electron chi connectivity index (χ4n) is 4.43. The Bertz CT molecular complexity index is 1090. The molecule has 0 saturated carbocycles. The van der Waals surface area contributed by atoms with Crippen molar-refractivity contribution in [1.29, 1.82) is 0 Å². The fourth-order valence-corrected chi connectivity index (χ4v) is 5.34. The number of thiophene rings is 1. The molecule has 0 N–H and O–H groups in total. The second kappa shape index (κ2) is 9.70. The summed E-state index contributed by atoms with van der Waals surface area (Å²) in [5, 5.41) is 2.11. The summed E-state index contributed by atoms with van der Waals surface area (Å²) in [5.74, 6) is -0.0757. The van der Waals surface area contributed by atoms with Gasteiger partial charge in [-0.25, -0.2) is 0 Å². The Hall–Kier alpha value is -2.92. The van der Waals surface area contributed by atoms with Crippen LogP contribution in [0, 0.1) is 6.92 Å². The minimum atomic E-state index is -0.106. The van der Waals surface area contributed by atoms with Crippen LogP contribution in [0.15, 0.2) is 66.0 Å². The van der Waals surface area contributed by atoms with E-state index in [0.29, 0.717) is 12.1 Å². The number of rotatable bonds is 6. The molecule has 32 heavy (non-hydrogen) atoms. The molecule has 1 aliphatic heterocycles. The summed E-state index contributed by atoms with van der Waals surface area (Å²) in [7, 11) is 0. The molecule has 5 heteroatoms. The van der Waals surface area contributed by atoms with Crippen molar-refractivity contribution in [3.05, 3.63) is 93.2 Å². The summed E-state index contributed by atoms with van der Waals surface area (Å²) in [6.45, 7) is 6.77. The Morgan fingerprint density at radius 1 is 1.09 bits per heavy atom. The van der Waals surface area contributed by atoms with Crippen molar-refractivity contribution in [1.82, 2.24) is 9.80 Å². The molecule has 166 valence electrons. The van der Waals surface area contributed by atoms with Crippen molar-refractivity contribution in [2.24, 2.45) is 0 Å². The lowest BCUT2D eigenvalue weighted by Crippen LogP contribution is -2.49. The topological polar surface area (TPSA) is 40.6 Å². The summed E-state index contributed by atoms with van der Waals surface area (Å²) in [6, 6.07) is 19.8. The van der Waals surface area contributed by atoms with Gasteiger partial charge in [-0.05, 0) is 60.9 Å². The molecule has 4 rings (SSSR count). The molecule has 0 bridgehead atoms. The molecule has 0 aliphatic carbocycles. The van der Waals surface area contributed by atoms with Gasteiger partial charge in [-0.2, -0.15) is 0 Å². The van der Waals surface area contributed by atoms with Crippen molar-refractivity contribution < 1.29 is 9.59 Å². The molecule has 2 aromatic carbocycles. The van der Waals surface area contributed by atoms with E-state index in [-0.39, 0.29) is 30.4 Å². The first kappa shape index (κ1) is 22.3. The first-order valence-corrected chi connectivity index (χ1v) is 12.2. The quantitative estimate of drug-likeness (QED) is 0.504. The number of carbonyl (C=O) groups is 2. The Balaban J connectivity index is 1.64. The zero-order valence-corrected chi connectivity index (χ0v) is 19.8. The van der Waals surface area contributed by atoms with Crippen LogP contribution >= 0.6 is 11.3 Å². The Morgan fingerprint density at radius 3 is 2.53 bits per heavy atom. The summed E-state index contributed by atoms with van der Waals surface area (Å²) in [5.41, 5.74) is 3.92. The lowest BCUT2D eigenvalue weighted by atomic mass is 9.93. The zero-order chi connectivity index (χ0) is 22.7. The van der Waals surface area contributed by atoms with Crippen LogP contribution in [-0.4, -0.2) is 40.7 Å². The van der Waals surface area contributed by atoms with Crippen molar-refractivity contribution >= 4 is 23.2 Å². The van der Waals surface area contributed by atoms with Crippen LogP contribution in [0.2, 0.25) is 0 Å². The number of hydrogen-bond donors (Lipinski definition) is 0. The van der Waals surface area contributed by atoms with E-state index in [4.69, 9.17) is 0 Å². The van der Waals surface area contributed by atoms with Gasteiger partial charge in [0.25, 0.3) is 5.91 Å². The van der Waals surface area contributed by atoms with E-state index in [1.54, 1.807) is 16.2 Å². The van der Waals surface area contributed by atoms with Crippen molar-refractivity contribution in [2.75, 3.05) is 13.1 Å². The third-order valence-electron chi connectivity index (χ3n) is 6.47. The third kappa shape index (κ3) is 4.35. The maximum absolute atomic E-state index is 13.7. The molecule has 0 radical (unpaired) electrons. The SMILES string of the molecule is CCC(C)N(CC(=O)N1CCc2sccc2C1c1ccccc1)C(=O)c1ccccc1C.